The fourth-order valence-corrected chi connectivity index (χ4v) is 2.40. The zero-order chi connectivity index (χ0) is 12.2. The highest BCUT2D eigenvalue weighted by atomic mass is 16.5. The van der Waals surface area contributed by atoms with Crippen LogP contribution in [-0.4, -0.2) is 47.8 Å². The molecule has 0 radical (unpaired) electrons. The van der Waals surface area contributed by atoms with Gasteiger partial charge in [0.1, 0.15) is 0 Å². The molecular formula is C11H23N3O2. The van der Waals surface area contributed by atoms with Crippen molar-refractivity contribution in [3.8, 4) is 0 Å². The molecule has 1 saturated heterocycles. The van der Waals surface area contributed by atoms with Crippen molar-refractivity contribution in [3.63, 3.8) is 0 Å². The Morgan fingerprint density at radius 3 is 2.88 bits per heavy atom. The maximum atomic E-state index is 8.76. The molecule has 0 saturated carbocycles. The number of amidine groups is 1. The monoisotopic (exact) mass is 229 g/mol. The third-order valence-corrected chi connectivity index (χ3v) is 3.47. The summed E-state index contributed by atoms with van der Waals surface area (Å²) in [5.41, 5.74) is 5.60. The second-order valence-corrected chi connectivity index (χ2v) is 4.68. The van der Waals surface area contributed by atoms with Crippen LogP contribution in [0.3, 0.4) is 0 Å². The van der Waals surface area contributed by atoms with Crippen molar-refractivity contribution in [2.75, 3.05) is 20.2 Å². The lowest BCUT2D eigenvalue weighted by molar-refractivity contribution is -0.0556. The number of methoxy groups -OCH3 is 1. The standard InChI is InChI=1S/C11H23N3O2/c1-4-9(10(12)13-15)14-7-5-6-11(2,8-14)16-3/h9,15H,4-8H2,1-3H3,(H2,12,13). The van der Waals surface area contributed by atoms with Crippen LogP contribution in [-0.2, 0) is 4.74 Å². The van der Waals surface area contributed by atoms with Gasteiger partial charge >= 0.3 is 0 Å². The molecule has 1 fully saturated rings. The minimum atomic E-state index is -0.110. The number of nitrogens with zero attached hydrogens (tertiary/aromatic N) is 2. The van der Waals surface area contributed by atoms with E-state index in [4.69, 9.17) is 15.7 Å². The van der Waals surface area contributed by atoms with Crippen LogP contribution >= 0.6 is 0 Å². The lowest BCUT2D eigenvalue weighted by Gasteiger charge is -2.42. The first kappa shape index (κ1) is 13.3. The smallest absolute Gasteiger partial charge is 0.156 e. The van der Waals surface area contributed by atoms with Gasteiger partial charge in [-0.3, -0.25) is 4.90 Å². The molecule has 5 heteroatoms. The Kier molecular flexibility index (Phi) is 4.56. The average Bonchev–Trinajstić information content (AvgIpc) is 2.30. The number of ether oxygens (including phenoxy) is 1. The van der Waals surface area contributed by atoms with Gasteiger partial charge in [-0.2, -0.15) is 0 Å². The van der Waals surface area contributed by atoms with Gasteiger partial charge in [0.25, 0.3) is 0 Å². The molecule has 1 heterocycles. The number of hydrogen-bond donors (Lipinski definition) is 2. The molecular weight excluding hydrogens is 206 g/mol. The van der Waals surface area contributed by atoms with Gasteiger partial charge in [0.15, 0.2) is 5.84 Å². The van der Waals surface area contributed by atoms with Crippen molar-refractivity contribution >= 4 is 5.84 Å². The molecule has 0 amide bonds. The lowest BCUT2D eigenvalue weighted by Crippen LogP contribution is -2.54. The van der Waals surface area contributed by atoms with Crippen molar-refractivity contribution < 1.29 is 9.94 Å². The molecule has 0 bridgehead atoms. The highest BCUT2D eigenvalue weighted by Gasteiger charge is 2.34. The maximum absolute atomic E-state index is 8.76. The van der Waals surface area contributed by atoms with E-state index in [9.17, 15) is 0 Å². The number of oxime groups is 1. The summed E-state index contributed by atoms with van der Waals surface area (Å²) in [6.07, 6.45) is 2.99. The fraction of sp³-hybridized carbons (Fsp3) is 0.909. The maximum Gasteiger partial charge on any atom is 0.156 e. The average molecular weight is 229 g/mol. The van der Waals surface area contributed by atoms with E-state index in [-0.39, 0.29) is 11.6 Å². The Hall–Kier alpha value is -0.810. The predicted molar refractivity (Wildman–Crippen MR) is 63.7 cm³/mol. The number of nitrogens with two attached hydrogens (primary N) is 1. The van der Waals surface area contributed by atoms with Gasteiger partial charge < -0.3 is 15.7 Å². The molecule has 0 aromatic rings. The highest BCUT2D eigenvalue weighted by molar-refractivity contribution is 5.85. The van der Waals surface area contributed by atoms with Gasteiger partial charge in [-0.1, -0.05) is 12.1 Å². The van der Waals surface area contributed by atoms with Gasteiger partial charge in [-0.05, 0) is 32.7 Å². The summed E-state index contributed by atoms with van der Waals surface area (Å²) in [4.78, 5) is 2.24. The van der Waals surface area contributed by atoms with Gasteiger partial charge in [0, 0.05) is 13.7 Å². The second kappa shape index (κ2) is 5.50. The Bertz CT molecular complexity index is 258. The summed E-state index contributed by atoms with van der Waals surface area (Å²) in [6, 6.07) is 0.0137. The van der Waals surface area contributed by atoms with Crippen molar-refractivity contribution in [2.24, 2.45) is 10.9 Å². The minimum absolute atomic E-state index is 0.0137. The summed E-state index contributed by atoms with van der Waals surface area (Å²) in [6.45, 7) is 5.96. The molecule has 0 spiro atoms. The van der Waals surface area contributed by atoms with Gasteiger partial charge in [0.2, 0.25) is 0 Å². The van der Waals surface area contributed by atoms with Crippen molar-refractivity contribution in [2.45, 2.75) is 44.8 Å². The van der Waals surface area contributed by atoms with E-state index in [1.165, 1.54) is 0 Å². The molecule has 1 rings (SSSR count). The second-order valence-electron chi connectivity index (χ2n) is 4.68. The largest absolute Gasteiger partial charge is 0.409 e. The van der Waals surface area contributed by atoms with Crippen LogP contribution in [0.5, 0.6) is 0 Å². The highest BCUT2D eigenvalue weighted by Crippen LogP contribution is 2.25. The lowest BCUT2D eigenvalue weighted by atomic mass is 9.93. The fourth-order valence-electron chi connectivity index (χ4n) is 2.40. The molecule has 1 aliphatic heterocycles. The van der Waals surface area contributed by atoms with Crippen LogP contribution in [0.1, 0.15) is 33.1 Å². The van der Waals surface area contributed by atoms with E-state index in [1.54, 1.807) is 7.11 Å². The van der Waals surface area contributed by atoms with E-state index in [1.807, 2.05) is 6.92 Å². The Morgan fingerprint density at radius 2 is 2.38 bits per heavy atom. The van der Waals surface area contributed by atoms with Crippen LogP contribution in [0.15, 0.2) is 5.16 Å². The first-order chi connectivity index (χ1) is 7.56. The van der Waals surface area contributed by atoms with E-state index >= 15 is 0 Å². The quantitative estimate of drug-likeness (QED) is 0.327. The molecule has 0 aliphatic carbocycles. The Labute approximate surface area is 97.2 Å². The predicted octanol–water partition coefficient (Wildman–Crippen LogP) is 1.01. The van der Waals surface area contributed by atoms with Gasteiger partial charge in [0.05, 0.1) is 11.6 Å². The Morgan fingerprint density at radius 1 is 1.69 bits per heavy atom. The van der Waals surface area contributed by atoms with Gasteiger partial charge in [-0.15, -0.1) is 0 Å². The van der Waals surface area contributed by atoms with Crippen molar-refractivity contribution in [1.82, 2.24) is 4.90 Å². The molecule has 94 valence electrons. The molecule has 16 heavy (non-hydrogen) atoms. The molecule has 1 aliphatic rings. The van der Waals surface area contributed by atoms with Crippen LogP contribution < -0.4 is 5.73 Å². The van der Waals surface area contributed by atoms with E-state index in [0.717, 1.165) is 32.4 Å². The van der Waals surface area contributed by atoms with Crippen LogP contribution in [0.2, 0.25) is 0 Å². The van der Waals surface area contributed by atoms with E-state index < -0.39 is 0 Å². The number of piperidine rings is 1. The summed E-state index contributed by atoms with van der Waals surface area (Å²) in [7, 11) is 1.74. The SMILES string of the molecule is CCC(C(N)=NO)N1CCCC(C)(OC)C1. The number of rotatable bonds is 4. The third-order valence-electron chi connectivity index (χ3n) is 3.47. The summed E-state index contributed by atoms with van der Waals surface area (Å²) < 4.78 is 5.53. The van der Waals surface area contributed by atoms with Crippen LogP contribution in [0.4, 0.5) is 0 Å². The third kappa shape index (κ3) is 2.86. The Balaban J connectivity index is 2.72. The topological polar surface area (TPSA) is 71.1 Å². The van der Waals surface area contributed by atoms with Crippen LogP contribution in [0, 0.1) is 0 Å². The van der Waals surface area contributed by atoms with Crippen molar-refractivity contribution in [3.05, 3.63) is 0 Å². The van der Waals surface area contributed by atoms with Crippen LogP contribution in [0.25, 0.3) is 0 Å². The molecule has 5 nitrogen and oxygen atoms in total. The first-order valence-electron chi connectivity index (χ1n) is 5.83. The van der Waals surface area contributed by atoms with Crippen molar-refractivity contribution in [1.29, 1.82) is 0 Å². The van der Waals surface area contributed by atoms with E-state index in [0.29, 0.717) is 5.84 Å². The molecule has 2 atom stereocenters. The molecule has 0 aromatic heterocycles. The number of hydrogen-bond acceptors (Lipinski definition) is 4. The van der Waals surface area contributed by atoms with Gasteiger partial charge in [-0.25, -0.2) is 0 Å². The normalized spacial score (nSPS) is 30.3. The molecule has 3 N–H and O–H groups in total. The molecule has 0 aromatic carbocycles. The zero-order valence-electron chi connectivity index (χ0n) is 10.4. The summed E-state index contributed by atoms with van der Waals surface area (Å²) >= 11 is 0. The molecule has 2 unspecified atom stereocenters. The number of likely N-dealkylation sites (tertiary alicyclic amines) is 1. The van der Waals surface area contributed by atoms with E-state index in [2.05, 4.69) is 17.0 Å². The first-order valence-corrected chi connectivity index (χ1v) is 5.83. The minimum Gasteiger partial charge on any atom is -0.409 e. The summed E-state index contributed by atoms with van der Waals surface area (Å²) in [5, 5.41) is 11.9. The zero-order valence-corrected chi connectivity index (χ0v) is 10.4. The summed E-state index contributed by atoms with van der Waals surface area (Å²) in [5.74, 6) is 0.294.